The molecule has 0 fully saturated rings. The molecule has 0 aliphatic rings. The van der Waals surface area contributed by atoms with E-state index >= 15 is 0 Å². The Bertz CT molecular complexity index is 685. The van der Waals surface area contributed by atoms with Crippen molar-refractivity contribution < 1.29 is 14.3 Å². The number of carbonyl (C=O) groups excluding carboxylic acids is 1. The monoisotopic (exact) mass is 329 g/mol. The third-order valence-corrected chi connectivity index (χ3v) is 2.92. The zero-order chi connectivity index (χ0) is 17.9. The lowest BCUT2D eigenvalue weighted by Crippen LogP contribution is -2.17. The molecule has 0 aliphatic heterocycles. The number of methoxy groups -OCH3 is 2. The van der Waals surface area contributed by atoms with Crippen LogP contribution in [-0.4, -0.2) is 30.8 Å². The van der Waals surface area contributed by atoms with E-state index in [1.807, 2.05) is 19.9 Å². The van der Waals surface area contributed by atoms with Gasteiger partial charge >= 0.3 is 0 Å². The molecule has 0 atom stereocenters. The van der Waals surface area contributed by atoms with Crippen molar-refractivity contribution in [3.8, 4) is 11.8 Å². The van der Waals surface area contributed by atoms with Gasteiger partial charge in [-0.3, -0.25) is 4.79 Å². The Balaban J connectivity index is 0.00000139. The van der Waals surface area contributed by atoms with E-state index in [4.69, 9.17) is 15.2 Å². The van der Waals surface area contributed by atoms with Crippen LogP contribution in [-0.2, 0) is 0 Å². The maximum Gasteiger partial charge on any atom is 0.243 e. The fourth-order valence-electron chi connectivity index (χ4n) is 1.85. The van der Waals surface area contributed by atoms with Crippen LogP contribution in [0.4, 0.5) is 5.69 Å². The summed E-state index contributed by atoms with van der Waals surface area (Å²) in [6, 6.07) is 12.3. The summed E-state index contributed by atoms with van der Waals surface area (Å²) in [5.74, 6) is 0.797. The average Bonchev–Trinajstić information content (AvgIpc) is 2.64. The van der Waals surface area contributed by atoms with E-state index in [0.29, 0.717) is 17.1 Å². The van der Waals surface area contributed by atoms with Gasteiger partial charge in [-0.25, -0.2) is 4.99 Å². The topological polar surface area (TPSA) is 86.8 Å². The molecule has 2 N–H and O–H groups in total. The number of ketones is 1. The number of amidine groups is 1. The number of carbonyl (C=O) groups is 1. The Hall–Kier alpha value is -2.89. The minimum Gasteiger partial charge on any atom is -0.481 e. The van der Waals surface area contributed by atoms with Gasteiger partial charge in [0.25, 0.3) is 0 Å². The molecule has 2 aromatic rings. The Kier molecular flexibility index (Phi) is 7.98. The molecule has 0 unspecified atom stereocenters. The van der Waals surface area contributed by atoms with Crippen LogP contribution in [0.25, 0.3) is 0 Å². The lowest BCUT2D eigenvalue weighted by molar-refractivity contribution is 0.100. The third kappa shape index (κ3) is 5.39. The van der Waals surface area contributed by atoms with Crippen LogP contribution in [0.3, 0.4) is 0 Å². The normalized spacial score (nSPS) is 10.4. The molecule has 0 saturated carbocycles. The molecular formula is C18H23N3O3. The molecule has 0 amide bonds. The second kappa shape index (κ2) is 9.99. The van der Waals surface area contributed by atoms with Gasteiger partial charge in [0.15, 0.2) is 5.78 Å². The summed E-state index contributed by atoms with van der Waals surface area (Å²) in [4.78, 5) is 20.4. The van der Waals surface area contributed by atoms with Gasteiger partial charge in [-0.1, -0.05) is 44.2 Å². The maximum absolute atomic E-state index is 12.1. The summed E-state index contributed by atoms with van der Waals surface area (Å²) < 4.78 is 10.2. The fourth-order valence-corrected chi connectivity index (χ4v) is 1.85. The van der Waals surface area contributed by atoms with Gasteiger partial charge in [0, 0.05) is 11.6 Å². The summed E-state index contributed by atoms with van der Waals surface area (Å²) >= 11 is 0. The van der Waals surface area contributed by atoms with Crippen LogP contribution < -0.4 is 15.2 Å². The Morgan fingerprint density at radius 3 is 2.33 bits per heavy atom. The standard InChI is InChI=1S/C16H17N3O3.C2H6/c1-21-15-9-8-12(16(19-15)22-2)18-14(17)10-13(20)11-6-4-3-5-7-11;1-2/h3-9H,10H2,1-2H3,(H2,17,18);1-2H3. The Morgan fingerprint density at radius 1 is 1.08 bits per heavy atom. The molecule has 1 aromatic carbocycles. The van der Waals surface area contributed by atoms with Crippen molar-refractivity contribution in [3.05, 3.63) is 48.0 Å². The van der Waals surface area contributed by atoms with Crippen molar-refractivity contribution in [2.45, 2.75) is 20.3 Å². The number of aromatic nitrogens is 1. The summed E-state index contributed by atoms with van der Waals surface area (Å²) in [5.41, 5.74) is 6.90. The first kappa shape index (κ1) is 19.2. The molecule has 128 valence electrons. The summed E-state index contributed by atoms with van der Waals surface area (Å²) in [5, 5.41) is 0. The average molecular weight is 329 g/mol. The summed E-state index contributed by atoms with van der Waals surface area (Å²) in [7, 11) is 2.99. The molecule has 2 rings (SSSR count). The number of rotatable bonds is 6. The van der Waals surface area contributed by atoms with Crippen LogP contribution >= 0.6 is 0 Å². The molecule has 6 nitrogen and oxygen atoms in total. The molecular weight excluding hydrogens is 306 g/mol. The van der Waals surface area contributed by atoms with E-state index in [-0.39, 0.29) is 23.9 Å². The highest BCUT2D eigenvalue weighted by Gasteiger charge is 2.10. The van der Waals surface area contributed by atoms with Crippen LogP contribution in [0, 0.1) is 0 Å². The molecule has 0 saturated heterocycles. The van der Waals surface area contributed by atoms with Crippen molar-refractivity contribution >= 4 is 17.3 Å². The molecule has 0 radical (unpaired) electrons. The molecule has 0 bridgehead atoms. The second-order valence-corrected chi connectivity index (χ2v) is 4.45. The number of pyridine rings is 1. The number of nitrogens with zero attached hydrogens (tertiary/aromatic N) is 2. The van der Waals surface area contributed by atoms with Crippen LogP contribution in [0.5, 0.6) is 11.8 Å². The van der Waals surface area contributed by atoms with Crippen LogP contribution in [0.2, 0.25) is 0 Å². The fraction of sp³-hybridized carbons (Fsp3) is 0.278. The lowest BCUT2D eigenvalue weighted by Gasteiger charge is -2.06. The van der Waals surface area contributed by atoms with Gasteiger partial charge in [-0.15, -0.1) is 0 Å². The molecule has 0 spiro atoms. The highest BCUT2D eigenvalue weighted by molar-refractivity contribution is 6.09. The first-order chi connectivity index (χ1) is 11.6. The highest BCUT2D eigenvalue weighted by Crippen LogP contribution is 2.27. The van der Waals surface area contributed by atoms with Gasteiger partial charge in [0.1, 0.15) is 11.5 Å². The summed E-state index contributed by atoms with van der Waals surface area (Å²) in [6.45, 7) is 4.00. The van der Waals surface area contributed by atoms with Gasteiger partial charge in [0.05, 0.1) is 20.6 Å². The van der Waals surface area contributed by atoms with Crippen LogP contribution in [0.1, 0.15) is 30.6 Å². The minimum atomic E-state index is -0.0951. The number of hydrogen-bond donors (Lipinski definition) is 1. The second-order valence-electron chi connectivity index (χ2n) is 4.45. The maximum atomic E-state index is 12.1. The van der Waals surface area contributed by atoms with E-state index in [9.17, 15) is 4.79 Å². The van der Waals surface area contributed by atoms with Gasteiger partial charge in [-0.05, 0) is 6.07 Å². The first-order valence-corrected chi connectivity index (χ1v) is 7.64. The molecule has 0 aliphatic carbocycles. The van der Waals surface area contributed by atoms with Crippen molar-refractivity contribution in [2.75, 3.05) is 14.2 Å². The number of Topliss-reactive ketones (excluding diaryl/α,β-unsaturated/α-hetero) is 1. The van der Waals surface area contributed by atoms with E-state index in [1.165, 1.54) is 14.2 Å². The Morgan fingerprint density at radius 2 is 1.75 bits per heavy atom. The van der Waals surface area contributed by atoms with E-state index < -0.39 is 0 Å². The number of benzene rings is 1. The van der Waals surface area contributed by atoms with E-state index in [0.717, 1.165) is 0 Å². The van der Waals surface area contributed by atoms with Crippen molar-refractivity contribution in [3.63, 3.8) is 0 Å². The molecule has 1 heterocycles. The minimum absolute atomic E-state index is 0.0270. The number of hydrogen-bond acceptors (Lipinski definition) is 5. The smallest absolute Gasteiger partial charge is 0.243 e. The molecule has 1 aromatic heterocycles. The van der Waals surface area contributed by atoms with Gasteiger partial charge in [0.2, 0.25) is 11.8 Å². The van der Waals surface area contributed by atoms with Crippen molar-refractivity contribution in [1.29, 1.82) is 0 Å². The zero-order valence-corrected chi connectivity index (χ0v) is 14.4. The van der Waals surface area contributed by atoms with Crippen molar-refractivity contribution in [2.24, 2.45) is 10.7 Å². The third-order valence-electron chi connectivity index (χ3n) is 2.92. The van der Waals surface area contributed by atoms with E-state index in [2.05, 4.69) is 9.98 Å². The molecule has 6 heteroatoms. The first-order valence-electron chi connectivity index (χ1n) is 7.64. The van der Waals surface area contributed by atoms with Gasteiger partial charge in [-0.2, -0.15) is 4.98 Å². The van der Waals surface area contributed by atoms with Crippen LogP contribution in [0.15, 0.2) is 47.5 Å². The van der Waals surface area contributed by atoms with Gasteiger partial charge < -0.3 is 15.2 Å². The predicted molar refractivity (Wildman–Crippen MR) is 95.4 cm³/mol. The lowest BCUT2D eigenvalue weighted by atomic mass is 10.1. The van der Waals surface area contributed by atoms with E-state index in [1.54, 1.807) is 36.4 Å². The Labute approximate surface area is 142 Å². The largest absolute Gasteiger partial charge is 0.481 e. The highest BCUT2D eigenvalue weighted by atomic mass is 16.5. The number of nitrogens with two attached hydrogens (primary N) is 1. The number of ether oxygens (including phenoxy) is 2. The SMILES string of the molecule is CC.COc1ccc(N=C(N)CC(=O)c2ccccc2)c(OC)n1. The molecule has 24 heavy (non-hydrogen) atoms. The predicted octanol–water partition coefficient (Wildman–Crippen LogP) is 3.39. The zero-order valence-electron chi connectivity index (χ0n) is 14.4. The summed E-state index contributed by atoms with van der Waals surface area (Å²) in [6.07, 6.45) is 0.0270. The number of aliphatic imine (C=N–C) groups is 1. The van der Waals surface area contributed by atoms with Crippen molar-refractivity contribution in [1.82, 2.24) is 4.98 Å². The quantitative estimate of drug-likeness (QED) is 0.499.